The summed E-state index contributed by atoms with van der Waals surface area (Å²) >= 11 is 3.16. The number of carbonyl (C=O) groups excluding carboxylic acids is 4. The van der Waals surface area contributed by atoms with Crippen molar-refractivity contribution in [2.75, 3.05) is 9.80 Å². The lowest BCUT2D eigenvalue weighted by atomic mass is 10.1. The number of nitro benzene ring substituents is 2. The predicted octanol–water partition coefficient (Wildman–Crippen LogP) is 4.97. The molecule has 13 heteroatoms. The molecule has 2 fully saturated rings. The summed E-state index contributed by atoms with van der Waals surface area (Å²) in [5, 5.41) is 21.7. The van der Waals surface area contributed by atoms with E-state index in [1.54, 1.807) is 6.92 Å². The number of aryl methyl sites for hydroxylation is 1. The Morgan fingerprint density at radius 2 is 1.11 bits per heavy atom. The van der Waals surface area contributed by atoms with E-state index in [9.17, 15) is 39.4 Å². The number of benzene rings is 2. The van der Waals surface area contributed by atoms with Crippen molar-refractivity contribution in [2.24, 2.45) is 0 Å². The Bertz CT molecular complexity index is 1230. The molecule has 4 rings (SSSR count). The highest BCUT2D eigenvalue weighted by atomic mass is 79.9. The lowest BCUT2D eigenvalue weighted by molar-refractivity contribution is -0.385. The van der Waals surface area contributed by atoms with Crippen molar-refractivity contribution in [3.63, 3.8) is 0 Å². The quantitative estimate of drug-likeness (QED) is 0.208. The zero-order valence-corrected chi connectivity index (χ0v) is 20.0. The molecule has 2 heterocycles. The van der Waals surface area contributed by atoms with E-state index in [4.69, 9.17) is 0 Å². The number of nitro groups is 2. The van der Waals surface area contributed by atoms with Crippen molar-refractivity contribution in [3.8, 4) is 0 Å². The number of carbonyl (C=O) groups is 4. The van der Waals surface area contributed by atoms with E-state index in [2.05, 4.69) is 15.9 Å². The van der Waals surface area contributed by atoms with Gasteiger partial charge in [-0.1, -0.05) is 30.8 Å². The van der Waals surface area contributed by atoms with E-state index >= 15 is 0 Å². The van der Waals surface area contributed by atoms with Crippen LogP contribution in [-0.4, -0.2) is 33.5 Å². The molecule has 0 saturated carbocycles. The van der Waals surface area contributed by atoms with Crippen molar-refractivity contribution in [1.29, 1.82) is 0 Å². The molecule has 37 heavy (non-hydrogen) atoms. The largest absolute Gasteiger partial charge is 0.274 e. The molecule has 0 unspecified atom stereocenters. The Morgan fingerprint density at radius 3 is 1.46 bits per heavy atom. The van der Waals surface area contributed by atoms with Gasteiger partial charge in [0.1, 0.15) is 0 Å². The molecule has 0 N–H and O–H groups in total. The Kier molecular flexibility index (Phi) is 10.7. The van der Waals surface area contributed by atoms with Crippen LogP contribution in [0, 0.1) is 27.2 Å². The van der Waals surface area contributed by atoms with Gasteiger partial charge >= 0.3 is 0 Å². The average molecular weight is 579 g/mol. The second-order valence-electron chi connectivity index (χ2n) is 7.68. The lowest BCUT2D eigenvalue weighted by Gasteiger charge is -2.14. The topological polar surface area (TPSA) is 161 Å². The van der Waals surface area contributed by atoms with E-state index in [-0.39, 0.29) is 80.9 Å². The molecular weight excluding hydrogens is 552 g/mol. The first-order valence-corrected chi connectivity index (χ1v) is 11.5. The highest BCUT2D eigenvalue weighted by Crippen LogP contribution is 2.30. The second-order valence-corrected chi connectivity index (χ2v) is 8.24. The normalized spacial score (nSPS) is 14.5. The molecule has 0 aromatic heterocycles. The highest BCUT2D eigenvalue weighted by molar-refractivity contribution is 9.08. The van der Waals surface area contributed by atoms with Crippen LogP contribution in [0.15, 0.2) is 36.4 Å². The number of halogens is 1. The van der Waals surface area contributed by atoms with Crippen LogP contribution in [0.3, 0.4) is 0 Å². The molecule has 2 aliphatic heterocycles. The molecule has 4 amide bonds. The van der Waals surface area contributed by atoms with E-state index in [1.807, 2.05) is 0 Å². The van der Waals surface area contributed by atoms with Gasteiger partial charge in [0, 0.05) is 54.3 Å². The summed E-state index contributed by atoms with van der Waals surface area (Å²) in [7, 11) is 0. The molecule has 12 nitrogen and oxygen atoms in total. The molecule has 198 valence electrons. The van der Waals surface area contributed by atoms with Gasteiger partial charge in [0.15, 0.2) is 0 Å². The molecular formula is C24H27BrN4O8. The van der Waals surface area contributed by atoms with Gasteiger partial charge < -0.3 is 0 Å². The zero-order valence-electron chi connectivity index (χ0n) is 18.4. The van der Waals surface area contributed by atoms with Gasteiger partial charge in [0.2, 0.25) is 23.6 Å². The minimum Gasteiger partial charge on any atom is -0.274 e. The molecule has 0 spiro atoms. The van der Waals surface area contributed by atoms with E-state index in [1.165, 1.54) is 36.4 Å². The van der Waals surface area contributed by atoms with Crippen molar-refractivity contribution < 1.29 is 29.0 Å². The maximum atomic E-state index is 11.6. The van der Waals surface area contributed by atoms with Gasteiger partial charge in [0.25, 0.3) is 11.4 Å². The number of alkyl halides is 1. The van der Waals surface area contributed by atoms with Crippen molar-refractivity contribution >= 4 is 62.3 Å². The van der Waals surface area contributed by atoms with E-state index < -0.39 is 9.85 Å². The van der Waals surface area contributed by atoms with E-state index in [0.717, 1.165) is 9.80 Å². The molecule has 0 aliphatic carbocycles. The molecule has 2 aromatic carbocycles. The molecule has 2 aromatic rings. The fraction of sp³-hybridized carbons (Fsp3) is 0.333. The Hall–Kier alpha value is -4.00. The third kappa shape index (κ3) is 6.61. The summed E-state index contributed by atoms with van der Waals surface area (Å²) in [6.07, 6.45) is 0.794. The SMILES string of the molecule is C.C.Cc1cc(N2C(=O)CCC2=O)ccc1[N+](=O)[O-].O=C1CCC(=O)N1c1ccc([N+](=O)[O-])c(CBr)c1. The fourth-order valence-electron chi connectivity index (χ4n) is 3.71. The predicted molar refractivity (Wildman–Crippen MR) is 140 cm³/mol. The van der Waals surface area contributed by atoms with Crippen LogP contribution >= 0.6 is 15.9 Å². The Labute approximate surface area is 221 Å². The van der Waals surface area contributed by atoms with E-state index in [0.29, 0.717) is 22.5 Å². The van der Waals surface area contributed by atoms with Crippen LogP contribution in [0.5, 0.6) is 0 Å². The molecule has 0 atom stereocenters. The standard InChI is InChI=1S/C11H9BrN2O4.C11H10N2O4.2CH4/c12-6-7-5-8(1-2-9(7)14(17)18)13-10(15)3-4-11(13)16;1-7-6-8(2-3-9(7)13(16)17)12-10(14)4-5-11(12)15;;/h1-2,5H,3-4,6H2;2-3,6H,4-5H2,1H3;2*1H4. The number of rotatable bonds is 5. The lowest BCUT2D eigenvalue weighted by Crippen LogP contribution is -2.28. The summed E-state index contributed by atoms with van der Waals surface area (Å²) in [4.78, 5) is 68.7. The van der Waals surface area contributed by atoms with Crippen molar-refractivity contribution in [3.05, 3.63) is 67.8 Å². The van der Waals surface area contributed by atoms with Crippen molar-refractivity contribution in [1.82, 2.24) is 0 Å². The van der Waals surface area contributed by atoms with Gasteiger partial charge in [-0.05, 0) is 31.2 Å². The third-order valence-corrected chi connectivity index (χ3v) is 6.00. The molecule has 2 aliphatic rings. The monoisotopic (exact) mass is 578 g/mol. The summed E-state index contributed by atoms with van der Waals surface area (Å²) in [5.41, 5.74) is 1.61. The number of amides is 4. The Morgan fingerprint density at radius 1 is 0.730 bits per heavy atom. The molecule has 0 bridgehead atoms. The third-order valence-electron chi connectivity index (χ3n) is 5.40. The number of anilines is 2. The van der Waals surface area contributed by atoms with Gasteiger partial charge in [-0.25, -0.2) is 0 Å². The first kappa shape index (κ1) is 31.0. The first-order valence-electron chi connectivity index (χ1n) is 10.3. The summed E-state index contributed by atoms with van der Waals surface area (Å²) in [6.45, 7) is 1.58. The van der Waals surface area contributed by atoms with Gasteiger partial charge in [-0.3, -0.25) is 49.2 Å². The number of hydrogen-bond acceptors (Lipinski definition) is 8. The number of nitrogens with zero attached hydrogens (tertiary/aromatic N) is 4. The number of imide groups is 2. The first-order chi connectivity index (χ1) is 16.5. The van der Waals surface area contributed by atoms with Crippen LogP contribution in [0.2, 0.25) is 0 Å². The van der Waals surface area contributed by atoms with Gasteiger partial charge in [-0.2, -0.15) is 0 Å². The van der Waals surface area contributed by atoms with Crippen LogP contribution in [-0.2, 0) is 24.5 Å². The van der Waals surface area contributed by atoms with Crippen LogP contribution in [0.25, 0.3) is 0 Å². The second kappa shape index (κ2) is 12.8. The maximum absolute atomic E-state index is 11.6. The smallest absolute Gasteiger partial charge is 0.273 e. The Balaban J connectivity index is 0.000000351. The maximum Gasteiger partial charge on any atom is 0.273 e. The summed E-state index contributed by atoms with van der Waals surface area (Å²) in [5.74, 6) is -1.06. The average Bonchev–Trinajstić information content (AvgIpc) is 3.33. The van der Waals surface area contributed by atoms with Crippen molar-refractivity contribution in [2.45, 2.75) is 52.8 Å². The fourth-order valence-corrected chi connectivity index (χ4v) is 4.16. The van der Waals surface area contributed by atoms with Crippen LogP contribution in [0.4, 0.5) is 22.7 Å². The zero-order chi connectivity index (χ0) is 25.9. The summed E-state index contributed by atoms with van der Waals surface area (Å²) in [6, 6.07) is 8.44. The molecule has 0 radical (unpaired) electrons. The van der Waals surface area contributed by atoms with Gasteiger partial charge in [-0.15, -0.1) is 0 Å². The minimum atomic E-state index is -0.493. The number of hydrogen-bond donors (Lipinski definition) is 0. The van der Waals surface area contributed by atoms with Gasteiger partial charge in [0.05, 0.1) is 21.2 Å². The highest BCUT2D eigenvalue weighted by Gasteiger charge is 2.32. The summed E-state index contributed by atoms with van der Waals surface area (Å²) < 4.78 is 0. The van der Waals surface area contributed by atoms with Crippen LogP contribution < -0.4 is 9.80 Å². The molecule has 2 saturated heterocycles. The minimum absolute atomic E-state index is 0. The van der Waals surface area contributed by atoms with Crippen LogP contribution in [0.1, 0.15) is 51.7 Å².